The van der Waals surface area contributed by atoms with Gasteiger partial charge in [0.05, 0.1) is 5.41 Å². The molecule has 4 aromatic rings. The van der Waals surface area contributed by atoms with Crippen molar-refractivity contribution in [3.8, 4) is 11.5 Å². The Bertz CT molecular complexity index is 1430. The molecule has 0 unspecified atom stereocenters. The van der Waals surface area contributed by atoms with Crippen molar-refractivity contribution in [2.24, 2.45) is 0 Å². The summed E-state index contributed by atoms with van der Waals surface area (Å²) in [5.74, 6) is 0.418. The van der Waals surface area contributed by atoms with Crippen molar-refractivity contribution in [1.82, 2.24) is 19.9 Å². The zero-order valence-electron chi connectivity index (χ0n) is 18.1. The zero-order valence-corrected chi connectivity index (χ0v) is 18.9. The minimum Gasteiger partial charge on any atom is -0.290 e. The third-order valence-corrected chi connectivity index (χ3v) is 5.53. The maximum atomic E-state index is 12.7. The first-order chi connectivity index (χ1) is 16.4. The lowest BCUT2D eigenvalue weighted by molar-refractivity contribution is 0.102. The number of aromatic nitrogens is 4. The third kappa shape index (κ3) is 6.08. The molecule has 0 atom stereocenters. The predicted molar refractivity (Wildman–Crippen MR) is 130 cm³/mol. The van der Waals surface area contributed by atoms with E-state index in [-0.39, 0.29) is 5.95 Å². The normalized spacial score (nSPS) is 11.3. The van der Waals surface area contributed by atoms with Gasteiger partial charge in [0.1, 0.15) is 11.5 Å². The fourth-order valence-electron chi connectivity index (χ4n) is 2.94. The van der Waals surface area contributed by atoms with Crippen LogP contribution in [0.2, 0.25) is 0 Å². The Morgan fingerprint density at radius 2 is 1.62 bits per heavy atom. The summed E-state index contributed by atoms with van der Waals surface area (Å²) in [7, 11) is -3.71. The lowest BCUT2D eigenvalue weighted by atomic mass is 10.2. The summed E-state index contributed by atoms with van der Waals surface area (Å²) in [6.45, 7) is 1.69. The quantitative estimate of drug-likeness (QED) is 0.417. The monoisotopic (exact) mass is 472 g/mol. The molecule has 0 radical (unpaired) electrons. The Morgan fingerprint density at radius 3 is 2.32 bits per heavy atom. The lowest BCUT2D eigenvalue weighted by Gasteiger charge is -2.08. The molecular formula is C24H20N6O3S. The Morgan fingerprint density at radius 1 is 0.882 bits per heavy atom. The summed E-state index contributed by atoms with van der Waals surface area (Å²) in [5, 5.41) is 3.73. The van der Waals surface area contributed by atoms with Crippen LogP contribution in [0.4, 0.5) is 11.6 Å². The molecule has 4 rings (SSSR count). The molecule has 1 amide bonds. The highest BCUT2D eigenvalue weighted by atomic mass is 32.2. The van der Waals surface area contributed by atoms with E-state index in [2.05, 4.69) is 30.0 Å². The van der Waals surface area contributed by atoms with Crippen molar-refractivity contribution < 1.29 is 13.2 Å². The van der Waals surface area contributed by atoms with Crippen LogP contribution in [-0.4, -0.2) is 34.3 Å². The molecule has 0 saturated carbocycles. The largest absolute Gasteiger partial charge is 0.290 e. The lowest BCUT2D eigenvalue weighted by Crippen LogP contribution is -2.16. The van der Waals surface area contributed by atoms with Crippen molar-refractivity contribution in [3.05, 3.63) is 101 Å². The van der Waals surface area contributed by atoms with Crippen molar-refractivity contribution in [1.29, 1.82) is 0 Å². The summed E-state index contributed by atoms with van der Waals surface area (Å²) in [5.41, 5.74) is 1.95. The summed E-state index contributed by atoms with van der Waals surface area (Å²) in [6.07, 6.45) is 3.13. The van der Waals surface area contributed by atoms with Crippen LogP contribution in [0.1, 0.15) is 21.7 Å². The summed E-state index contributed by atoms with van der Waals surface area (Å²) < 4.78 is 27.1. The van der Waals surface area contributed by atoms with Gasteiger partial charge in [-0.2, -0.15) is 9.97 Å². The second-order valence-corrected chi connectivity index (χ2v) is 8.70. The van der Waals surface area contributed by atoms with Gasteiger partial charge in [-0.15, -0.1) is 0 Å². The molecule has 170 valence electrons. The van der Waals surface area contributed by atoms with Gasteiger partial charge in [-0.25, -0.2) is 13.4 Å². The van der Waals surface area contributed by atoms with Gasteiger partial charge < -0.3 is 0 Å². The first kappa shape index (κ1) is 22.7. The molecule has 0 spiro atoms. The molecule has 0 aliphatic carbocycles. The number of amides is 1. The number of sulfonamides is 1. The van der Waals surface area contributed by atoms with Gasteiger partial charge in [-0.3, -0.25) is 19.8 Å². The fourth-order valence-corrected chi connectivity index (χ4v) is 3.81. The van der Waals surface area contributed by atoms with E-state index >= 15 is 0 Å². The smallest absolute Gasteiger partial charge is 0.258 e. The Hall–Kier alpha value is -4.44. The molecule has 34 heavy (non-hydrogen) atoms. The van der Waals surface area contributed by atoms with Crippen molar-refractivity contribution in [2.45, 2.75) is 6.92 Å². The standard InChI is InChI=1S/C24H20N6O3S/c1-17-26-22(21-9-5-6-15-25-21)28-24(27-17)29-23(31)19-10-12-20(13-11-19)30-34(32,33)16-14-18-7-3-2-4-8-18/h2-16,30H,1H3,(H,26,27,28,29,31)/b16-14+. The summed E-state index contributed by atoms with van der Waals surface area (Å²) in [4.78, 5) is 29.5. The second-order valence-electron chi connectivity index (χ2n) is 7.14. The van der Waals surface area contributed by atoms with Crippen molar-refractivity contribution >= 4 is 33.6 Å². The number of carbonyl (C=O) groups excluding carboxylic acids is 1. The van der Waals surface area contributed by atoms with Gasteiger partial charge in [-0.1, -0.05) is 36.4 Å². The minimum atomic E-state index is -3.71. The summed E-state index contributed by atoms with van der Waals surface area (Å²) in [6, 6.07) is 20.4. The van der Waals surface area contributed by atoms with E-state index in [9.17, 15) is 13.2 Å². The number of carbonyl (C=O) groups is 1. The third-order valence-electron chi connectivity index (χ3n) is 4.51. The van der Waals surface area contributed by atoms with Crippen LogP contribution in [0, 0.1) is 6.92 Å². The second kappa shape index (κ2) is 10.0. The molecular weight excluding hydrogens is 452 g/mol. The molecule has 9 nitrogen and oxygen atoms in total. The number of rotatable bonds is 7. The highest BCUT2D eigenvalue weighted by Gasteiger charge is 2.12. The van der Waals surface area contributed by atoms with Crippen molar-refractivity contribution in [3.63, 3.8) is 0 Å². The number of anilines is 2. The van der Waals surface area contributed by atoms with Crippen molar-refractivity contribution in [2.75, 3.05) is 10.0 Å². The Balaban J connectivity index is 1.43. The number of pyridine rings is 1. The van der Waals surface area contributed by atoms with E-state index in [0.717, 1.165) is 11.0 Å². The maximum absolute atomic E-state index is 12.7. The molecule has 0 fully saturated rings. The van der Waals surface area contributed by atoms with Gasteiger partial charge in [-0.05, 0) is 55.0 Å². The van der Waals surface area contributed by atoms with Crippen LogP contribution < -0.4 is 10.0 Å². The fraction of sp³-hybridized carbons (Fsp3) is 0.0417. The van der Waals surface area contributed by atoms with Gasteiger partial charge in [0.2, 0.25) is 5.95 Å². The van der Waals surface area contributed by atoms with Crippen LogP contribution >= 0.6 is 0 Å². The van der Waals surface area contributed by atoms with E-state index in [1.165, 1.54) is 30.3 Å². The average Bonchev–Trinajstić information content (AvgIpc) is 2.84. The molecule has 2 aromatic carbocycles. The first-order valence-electron chi connectivity index (χ1n) is 10.2. The van der Waals surface area contributed by atoms with E-state index in [1.54, 1.807) is 37.4 Å². The number of nitrogens with one attached hydrogen (secondary N) is 2. The highest BCUT2D eigenvalue weighted by Crippen LogP contribution is 2.16. The molecule has 0 saturated heterocycles. The number of benzene rings is 2. The van der Waals surface area contributed by atoms with Crippen LogP contribution in [0.25, 0.3) is 17.6 Å². The van der Waals surface area contributed by atoms with Crippen LogP contribution in [-0.2, 0) is 10.0 Å². The molecule has 2 aromatic heterocycles. The molecule has 2 heterocycles. The number of aryl methyl sites for hydroxylation is 1. The zero-order chi connectivity index (χ0) is 24.0. The van der Waals surface area contributed by atoms with Gasteiger partial charge >= 0.3 is 0 Å². The Labute approximate surface area is 196 Å². The van der Waals surface area contributed by atoms with E-state index in [4.69, 9.17) is 0 Å². The predicted octanol–water partition coefficient (Wildman–Crippen LogP) is 3.91. The number of hydrogen-bond donors (Lipinski definition) is 2. The topological polar surface area (TPSA) is 127 Å². The van der Waals surface area contributed by atoms with Crippen LogP contribution in [0.15, 0.2) is 84.4 Å². The Kier molecular flexibility index (Phi) is 6.69. The van der Waals surface area contributed by atoms with Gasteiger partial charge in [0.15, 0.2) is 5.82 Å². The van der Waals surface area contributed by atoms with Gasteiger partial charge in [0.25, 0.3) is 15.9 Å². The first-order valence-corrected chi connectivity index (χ1v) is 11.7. The SMILES string of the molecule is Cc1nc(NC(=O)c2ccc(NS(=O)(=O)/C=C/c3ccccc3)cc2)nc(-c2ccccn2)n1. The summed E-state index contributed by atoms with van der Waals surface area (Å²) >= 11 is 0. The highest BCUT2D eigenvalue weighted by molar-refractivity contribution is 7.95. The number of hydrogen-bond acceptors (Lipinski definition) is 7. The molecule has 0 aliphatic rings. The van der Waals surface area contributed by atoms with Gasteiger partial charge in [0, 0.05) is 17.4 Å². The molecule has 10 heteroatoms. The molecule has 0 bridgehead atoms. The molecule has 2 N–H and O–H groups in total. The maximum Gasteiger partial charge on any atom is 0.258 e. The van der Waals surface area contributed by atoms with Crippen LogP contribution in [0.5, 0.6) is 0 Å². The van der Waals surface area contributed by atoms with E-state index < -0.39 is 15.9 Å². The minimum absolute atomic E-state index is 0.0916. The van der Waals surface area contributed by atoms with E-state index in [0.29, 0.717) is 28.6 Å². The van der Waals surface area contributed by atoms with Crippen LogP contribution in [0.3, 0.4) is 0 Å². The van der Waals surface area contributed by atoms with E-state index in [1.807, 2.05) is 24.3 Å². The average molecular weight is 473 g/mol. The molecule has 0 aliphatic heterocycles. The number of nitrogens with zero attached hydrogens (tertiary/aromatic N) is 4.